The molecule has 0 aliphatic carbocycles. The molecule has 0 bridgehead atoms. The average Bonchev–Trinajstić information content (AvgIpc) is 2.49. The molecule has 0 aromatic heterocycles. The summed E-state index contributed by atoms with van der Waals surface area (Å²) in [5.41, 5.74) is 1.66. The fraction of sp³-hybridized carbons (Fsp3) is 0.188. The van der Waals surface area contributed by atoms with Crippen LogP contribution >= 0.6 is 0 Å². The Morgan fingerprint density at radius 3 is 2.62 bits per heavy atom. The topological polar surface area (TPSA) is 67.8 Å². The van der Waals surface area contributed by atoms with Gasteiger partial charge in [0.1, 0.15) is 0 Å². The van der Waals surface area contributed by atoms with Gasteiger partial charge in [0.25, 0.3) is 5.91 Å². The standard InChI is InChI=1S/C16H17NO4/c1-20-10-11-6-3-4-8-13(11)17-16(19)12-7-5-9-14(21-2)15(12)18/h3-9,18H,10H2,1-2H3,(H,17,19). The van der Waals surface area contributed by atoms with Gasteiger partial charge >= 0.3 is 0 Å². The Labute approximate surface area is 123 Å². The van der Waals surface area contributed by atoms with Crippen LogP contribution < -0.4 is 10.1 Å². The van der Waals surface area contributed by atoms with Crippen LogP contribution in [0.5, 0.6) is 11.5 Å². The van der Waals surface area contributed by atoms with Gasteiger partial charge in [-0.15, -0.1) is 0 Å². The third-order valence-electron chi connectivity index (χ3n) is 3.03. The molecular formula is C16H17NO4. The van der Waals surface area contributed by atoms with Crippen molar-refractivity contribution in [2.75, 3.05) is 19.5 Å². The molecule has 21 heavy (non-hydrogen) atoms. The number of rotatable bonds is 5. The van der Waals surface area contributed by atoms with Crippen LogP contribution in [0, 0.1) is 0 Å². The van der Waals surface area contributed by atoms with E-state index in [9.17, 15) is 9.90 Å². The zero-order valence-electron chi connectivity index (χ0n) is 11.9. The minimum absolute atomic E-state index is 0.154. The van der Waals surface area contributed by atoms with Crippen molar-refractivity contribution in [1.82, 2.24) is 0 Å². The molecule has 0 heterocycles. The SMILES string of the molecule is COCc1ccccc1NC(=O)c1cccc(OC)c1O. The second-order valence-electron chi connectivity index (χ2n) is 4.40. The summed E-state index contributed by atoms with van der Waals surface area (Å²) in [4.78, 5) is 12.3. The maximum atomic E-state index is 12.3. The Morgan fingerprint density at radius 1 is 1.14 bits per heavy atom. The number of phenolic OH excluding ortho intramolecular Hbond substituents is 1. The second kappa shape index (κ2) is 6.76. The number of carbonyl (C=O) groups is 1. The molecule has 0 aliphatic rings. The maximum Gasteiger partial charge on any atom is 0.259 e. The first-order valence-corrected chi connectivity index (χ1v) is 6.41. The minimum atomic E-state index is -0.407. The van der Waals surface area contributed by atoms with Crippen LogP contribution in [-0.4, -0.2) is 25.2 Å². The van der Waals surface area contributed by atoms with Gasteiger partial charge in [0.05, 0.1) is 19.3 Å². The second-order valence-corrected chi connectivity index (χ2v) is 4.40. The molecule has 110 valence electrons. The number of hydrogen-bond acceptors (Lipinski definition) is 4. The van der Waals surface area contributed by atoms with Crippen molar-refractivity contribution < 1.29 is 19.4 Å². The molecule has 2 N–H and O–H groups in total. The summed E-state index contributed by atoms with van der Waals surface area (Å²) in [5.74, 6) is -0.329. The monoisotopic (exact) mass is 287 g/mol. The number of carbonyl (C=O) groups excluding carboxylic acids is 1. The lowest BCUT2D eigenvalue weighted by Crippen LogP contribution is -2.14. The smallest absolute Gasteiger partial charge is 0.259 e. The molecule has 0 atom stereocenters. The van der Waals surface area contributed by atoms with Crippen LogP contribution in [0.25, 0.3) is 0 Å². The van der Waals surface area contributed by atoms with Crippen molar-refractivity contribution in [2.24, 2.45) is 0 Å². The molecule has 0 saturated carbocycles. The number of aromatic hydroxyl groups is 1. The van der Waals surface area contributed by atoms with E-state index in [1.54, 1.807) is 25.3 Å². The highest BCUT2D eigenvalue weighted by Crippen LogP contribution is 2.30. The van der Waals surface area contributed by atoms with Crippen molar-refractivity contribution in [2.45, 2.75) is 6.61 Å². The maximum absolute atomic E-state index is 12.3. The van der Waals surface area contributed by atoms with Gasteiger partial charge in [-0.2, -0.15) is 0 Å². The molecule has 0 radical (unpaired) electrons. The number of methoxy groups -OCH3 is 2. The van der Waals surface area contributed by atoms with Gasteiger partial charge in [0.15, 0.2) is 11.5 Å². The van der Waals surface area contributed by atoms with Crippen molar-refractivity contribution in [3.8, 4) is 11.5 Å². The van der Waals surface area contributed by atoms with Gasteiger partial charge in [-0.05, 0) is 18.2 Å². The average molecular weight is 287 g/mol. The number of benzene rings is 2. The van der Waals surface area contributed by atoms with Crippen molar-refractivity contribution >= 4 is 11.6 Å². The molecule has 0 spiro atoms. The summed E-state index contributed by atoms with van der Waals surface area (Å²) in [7, 11) is 3.02. The predicted octanol–water partition coefficient (Wildman–Crippen LogP) is 2.80. The summed E-state index contributed by atoms with van der Waals surface area (Å²) >= 11 is 0. The lowest BCUT2D eigenvalue weighted by Gasteiger charge is -2.12. The van der Waals surface area contributed by atoms with Gasteiger partial charge in [-0.1, -0.05) is 24.3 Å². The number of hydrogen-bond donors (Lipinski definition) is 2. The van der Waals surface area contributed by atoms with Gasteiger partial charge in [0, 0.05) is 18.4 Å². The van der Waals surface area contributed by atoms with Crippen LogP contribution in [0.4, 0.5) is 5.69 Å². The Balaban J connectivity index is 2.26. The van der Waals surface area contributed by atoms with E-state index in [4.69, 9.17) is 9.47 Å². The van der Waals surface area contributed by atoms with E-state index < -0.39 is 5.91 Å². The lowest BCUT2D eigenvalue weighted by atomic mass is 10.1. The Morgan fingerprint density at radius 2 is 1.90 bits per heavy atom. The fourth-order valence-electron chi connectivity index (χ4n) is 1.98. The van der Waals surface area contributed by atoms with Crippen molar-refractivity contribution in [3.63, 3.8) is 0 Å². The number of ether oxygens (including phenoxy) is 2. The van der Waals surface area contributed by atoms with Crippen molar-refractivity contribution in [3.05, 3.63) is 53.6 Å². The van der Waals surface area contributed by atoms with Crippen LogP contribution in [0.1, 0.15) is 15.9 Å². The Kier molecular flexibility index (Phi) is 4.79. The molecule has 0 fully saturated rings. The van der Waals surface area contributed by atoms with E-state index in [2.05, 4.69) is 5.32 Å². The summed E-state index contributed by atoms with van der Waals surface area (Å²) < 4.78 is 10.1. The lowest BCUT2D eigenvalue weighted by molar-refractivity contribution is 0.102. The zero-order chi connectivity index (χ0) is 15.2. The van der Waals surface area contributed by atoms with E-state index >= 15 is 0 Å². The van der Waals surface area contributed by atoms with Crippen LogP contribution in [-0.2, 0) is 11.3 Å². The normalized spacial score (nSPS) is 10.2. The highest BCUT2D eigenvalue weighted by Gasteiger charge is 2.15. The van der Waals surface area contributed by atoms with E-state index in [0.29, 0.717) is 12.3 Å². The number of nitrogens with one attached hydrogen (secondary N) is 1. The van der Waals surface area contributed by atoms with Crippen LogP contribution in [0.3, 0.4) is 0 Å². The third-order valence-corrected chi connectivity index (χ3v) is 3.03. The summed E-state index contributed by atoms with van der Waals surface area (Å²) in [6, 6.07) is 12.1. The predicted molar refractivity (Wildman–Crippen MR) is 79.8 cm³/mol. The third kappa shape index (κ3) is 3.32. The number of phenols is 1. The number of para-hydroxylation sites is 2. The van der Waals surface area contributed by atoms with Crippen molar-refractivity contribution in [1.29, 1.82) is 0 Å². The summed E-state index contributed by atoms with van der Waals surface area (Å²) in [6.07, 6.45) is 0. The summed E-state index contributed by atoms with van der Waals surface area (Å²) in [6.45, 7) is 0.389. The molecule has 0 aliphatic heterocycles. The fourth-order valence-corrected chi connectivity index (χ4v) is 1.98. The molecular weight excluding hydrogens is 270 g/mol. The molecule has 2 aromatic rings. The molecule has 0 saturated heterocycles. The minimum Gasteiger partial charge on any atom is -0.504 e. The molecule has 5 nitrogen and oxygen atoms in total. The first-order chi connectivity index (χ1) is 10.2. The quantitative estimate of drug-likeness (QED) is 0.887. The van der Waals surface area contributed by atoms with E-state index in [-0.39, 0.29) is 17.1 Å². The molecule has 0 unspecified atom stereocenters. The van der Waals surface area contributed by atoms with Gasteiger partial charge in [0.2, 0.25) is 0 Å². The number of amides is 1. The van der Waals surface area contributed by atoms with E-state index in [1.807, 2.05) is 18.2 Å². The highest BCUT2D eigenvalue weighted by atomic mass is 16.5. The molecule has 2 rings (SSSR count). The van der Waals surface area contributed by atoms with E-state index in [1.165, 1.54) is 13.2 Å². The molecule has 1 amide bonds. The van der Waals surface area contributed by atoms with Crippen LogP contribution in [0.15, 0.2) is 42.5 Å². The first-order valence-electron chi connectivity index (χ1n) is 6.41. The Hall–Kier alpha value is -2.53. The Bertz CT molecular complexity index is 640. The van der Waals surface area contributed by atoms with Gasteiger partial charge in [-0.25, -0.2) is 0 Å². The van der Waals surface area contributed by atoms with E-state index in [0.717, 1.165) is 5.56 Å². The first kappa shape index (κ1) is 14.9. The largest absolute Gasteiger partial charge is 0.504 e. The summed E-state index contributed by atoms with van der Waals surface area (Å²) in [5, 5.41) is 12.8. The van der Waals surface area contributed by atoms with Crippen LogP contribution in [0.2, 0.25) is 0 Å². The van der Waals surface area contributed by atoms with Gasteiger partial charge in [-0.3, -0.25) is 4.79 Å². The number of anilines is 1. The molecule has 2 aromatic carbocycles. The highest BCUT2D eigenvalue weighted by molar-refractivity contribution is 6.06. The zero-order valence-corrected chi connectivity index (χ0v) is 11.9. The van der Waals surface area contributed by atoms with Gasteiger partial charge < -0.3 is 19.9 Å². The molecule has 5 heteroatoms.